The van der Waals surface area contributed by atoms with Crippen molar-refractivity contribution < 1.29 is 4.42 Å². The number of anilines is 1. The summed E-state index contributed by atoms with van der Waals surface area (Å²) in [5, 5.41) is 11.6. The minimum atomic E-state index is 0.399. The number of rotatable bonds is 3. The summed E-state index contributed by atoms with van der Waals surface area (Å²) in [6, 6.07) is 9.71. The lowest BCUT2D eigenvalue weighted by molar-refractivity contribution is 0.575. The van der Waals surface area contributed by atoms with Crippen molar-refractivity contribution in [2.45, 2.75) is 6.92 Å². The molecule has 0 unspecified atom stereocenters. The fourth-order valence-corrected chi connectivity index (χ4v) is 2.71. The number of piperazine rings is 1. The van der Waals surface area contributed by atoms with Crippen LogP contribution in [-0.2, 0) is 0 Å². The lowest BCUT2D eigenvalue weighted by atomic mass is 10.2. The quantitative estimate of drug-likeness (QED) is 0.789. The van der Waals surface area contributed by atoms with Crippen molar-refractivity contribution in [1.29, 1.82) is 0 Å². The SMILES string of the molecule is Cc1ncc(N2CCNCC2)nc1-c1nnc(-c2ccccc2)o1. The maximum absolute atomic E-state index is 5.82. The van der Waals surface area contributed by atoms with E-state index in [1.54, 1.807) is 6.20 Å². The summed E-state index contributed by atoms with van der Waals surface area (Å²) in [4.78, 5) is 11.4. The average Bonchev–Trinajstić information content (AvgIpc) is 3.13. The predicted octanol–water partition coefficient (Wildman–Crippen LogP) is 1.91. The third-order valence-corrected chi connectivity index (χ3v) is 4.03. The number of benzene rings is 1. The van der Waals surface area contributed by atoms with Gasteiger partial charge in [-0.15, -0.1) is 10.2 Å². The third kappa shape index (κ3) is 2.85. The second-order valence-electron chi connectivity index (χ2n) is 5.68. The Balaban J connectivity index is 1.67. The number of hydrogen-bond acceptors (Lipinski definition) is 7. The van der Waals surface area contributed by atoms with Gasteiger partial charge in [-0.3, -0.25) is 4.98 Å². The summed E-state index contributed by atoms with van der Waals surface area (Å²) >= 11 is 0. The number of aromatic nitrogens is 4. The Bertz CT molecular complexity index is 826. The van der Waals surface area contributed by atoms with Crippen LogP contribution in [0, 0.1) is 6.92 Å². The highest BCUT2D eigenvalue weighted by atomic mass is 16.4. The molecule has 1 aliphatic heterocycles. The predicted molar refractivity (Wildman–Crippen MR) is 90.6 cm³/mol. The summed E-state index contributed by atoms with van der Waals surface area (Å²) < 4.78 is 5.82. The number of nitrogens with zero attached hydrogens (tertiary/aromatic N) is 5. The summed E-state index contributed by atoms with van der Waals surface area (Å²) in [6.45, 7) is 5.62. The molecule has 4 rings (SSSR count). The molecule has 0 amide bonds. The van der Waals surface area contributed by atoms with E-state index >= 15 is 0 Å². The smallest absolute Gasteiger partial charge is 0.268 e. The lowest BCUT2D eigenvalue weighted by Crippen LogP contribution is -2.44. The second-order valence-corrected chi connectivity index (χ2v) is 5.68. The zero-order valence-electron chi connectivity index (χ0n) is 13.4. The van der Waals surface area contributed by atoms with Gasteiger partial charge in [0, 0.05) is 31.7 Å². The number of aryl methyl sites for hydroxylation is 1. The molecule has 2 aromatic heterocycles. The summed E-state index contributed by atoms with van der Waals surface area (Å²) in [5.74, 6) is 1.73. The van der Waals surface area contributed by atoms with Crippen LogP contribution in [0.2, 0.25) is 0 Å². The van der Waals surface area contributed by atoms with Crippen molar-refractivity contribution in [2.75, 3.05) is 31.1 Å². The van der Waals surface area contributed by atoms with Crippen LogP contribution in [0.1, 0.15) is 5.69 Å². The summed E-state index contributed by atoms with van der Waals surface area (Å²) in [7, 11) is 0. The summed E-state index contributed by atoms with van der Waals surface area (Å²) in [5.41, 5.74) is 2.30. The minimum Gasteiger partial charge on any atom is -0.415 e. The van der Waals surface area contributed by atoms with E-state index in [0.29, 0.717) is 17.5 Å². The van der Waals surface area contributed by atoms with E-state index < -0.39 is 0 Å². The van der Waals surface area contributed by atoms with Crippen molar-refractivity contribution in [2.24, 2.45) is 0 Å². The van der Waals surface area contributed by atoms with Crippen LogP contribution >= 0.6 is 0 Å². The van der Waals surface area contributed by atoms with Crippen LogP contribution in [-0.4, -0.2) is 46.3 Å². The highest BCUT2D eigenvalue weighted by Gasteiger charge is 2.18. The van der Waals surface area contributed by atoms with E-state index in [2.05, 4.69) is 25.4 Å². The largest absolute Gasteiger partial charge is 0.415 e. The zero-order valence-corrected chi connectivity index (χ0v) is 13.4. The van der Waals surface area contributed by atoms with Crippen LogP contribution in [0.3, 0.4) is 0 Å². The Morgan fingerprint density at radius 3 is 2.58 bits per heavy atom. The number of hydrogen-bond donors (Lipinski definition) is 1. The molecule has 1 saturated heterocycles. The topological polar surface area (TPSA) is 80.0 Å². The summed E-state index contributed by atoms with van der Waals surface area (Å²) in [6.07, 6.45) is 1.80. The molecule has 3 heterocycles. The van der Waals surface area contributed by atoms with Crippen LogP contribution in [0.15, 0.2) is 40.9 Å². The van der Waals surface area contributed by atoms with Gasteiger partial charge in [0.1, 0.15) is 5.82 Å². The van der Waals surface area contributed by atoms with Gasteiger partial charge >= 0.3 is 0 Å². The fraction of sp³-hybridized carbons (Fsp3) is 0.294. The van der Waals surface area contributed by atoms with Crippen LogP contribution in [0.4, 0.5) is 5.82 Å². The molecule has 3 aromatic rings. The molecule has 0 atom stereocenters. The van der Waals surface area contributed by atoms with Gasteiger partial charge in [-0.1, -0.05) is 18.2 Å². The first-order valence-corrected chi connectivity index (χ1v) is 8.00. The molecule has 24 heavy (non-hydrogen) atoms. The maximum Gasteiger partial charge on any atom is 0.268 e. The highest BCUT2D eigenvalue weighted by molar-refractivity contribution is 5.58. The standard InChI is InChI=1S/C17H18N6O/c1-12-15(20-14(11-19-12)23-9-7-18-8-10-23)17-22-21-16(24-17)13-5-3-2-4-6-13/h2-6,11,18H,7-10H2,1H3. The first-order valence-electron chi connectivity index (χ1n) is 8.00. The molecular formula is C17H18N6O. The molecule has 1 aromatic carbocycles. The minimum absolute atomic E-state index is 0.399. The van der Waals surface area contributed by atoms with E-state index in [-0.39, 0.29) is 0 Å². The molecule has 7 nitrogen and oxygen atoms in total. The van der Waals surface area contributed by atoms with E-state index in [1.807, 2.05) is 37.3 Å². The van der Waals surface area contributed by atoms with Crippen molar-refractivity contribution in [3.05, 3.63) is 42.2 Å². The fourth-order valence-electron chi connectivity index (χ4n) is 2.71. The molecule has 1 aliphatic rings. The van der Waals surface area contributed by atoms with Crippen LogP contribution in [0.25, 0.3) is 23.0 Å². The van der Waals surface area contributed by atoms with Gasteiger partial charge in [-0.05, 0) is 19.1 Å². The van der Waals surface area contributed by atoms with Crippen molar-refractivity contribution in [3.63, 3.8) is 0 Å². The van der Waals surface area contributed by atoms with Gasteiger partial charge in [0.15, 0.2) is 5.69 Å². The van der Waals surface area contributed by atoms with E-state index in [9.17, 15) is 0 Å². The van der Waals surface area contributed by atoms with E-state index in [1.165, 1.54) is 0 Å². The Morgan fingerprint density at radius 1 is 1.04 bits per heavy atom. The third-order valence-electron chi connectivity index (χ3n) is 4.03. The van der Waals surface area contributed by atoms with Crippen molar-refractivity contribution in [3.8, 4) is 23.0 Å². The normalized spacial score (nSPS) is 14.8. The first kappa shape index (κ1) is 14.8. The zero-order chi connectivity index (χ0) is 16.4. The van der Waals surface area contributed by atoms with Gasteiger partial charge in [0.2, 0.25) is 5.89 Å². The Hall–Kier alpha value is -2.80. The Morgan fingerprint density at radius 2 is 1.79 bits per heavy atom. The second kappa shape index (κ2) is 6.37. The average molecular weight is 322 g/mol. The first-order chi connectivity index (χ1) is 11.8. The van der Waals surface area contributed by atoms with Crippen molar-refractivity contribution in [1.82, 2.24) is 25.5 Å². The molecule has 0 saturated carbocycles. The Labute approximate surface area is 139 Å². The molecule has 0 radical (unpaired) electrons. The lowest BCUT2D eigenvalue weighted by Gasteiger charge is -2.28. The molecule has 122 valence electrons. The molecule has 7 heteroatoms. The van der Waals surface area contributed by atoms with Gasteiger partial charge in [0.05, 0.1) is 11.9 Å². The molecule has 0 spiro atoms. The molecular weight excluding hydrogens is 304 g/mol. The van der Waals surface area contributed by atoms with E-state index in [4.69, 9.17) is 9.40 Å². The van der Waals surface area contributed by atoms with Crippen LogP contribution < -0.4 is 10.2 Å². The molecule has 1 fully saturated rings. The molecule has 0 bridgehead atoms. The number of nitrogens with one attached hydrogen (secondary N) is 1. The Kier molecular flexibility index (Phi) is 3.92. The van der Waals surface area contributed by atoms with Gasteiger partial charge in [-0.25, -0.2) is 4.98 Å². The van der Waals surface area contributed by atoms with Gasteiger partial charge in [0.25, 0.3) is 5.89 Å². The molecule has 0 aliphatic carbocycles. The monoisotopic (exact) mass is 322 g/mol. The van der Waals surface area contributed by atoms with Gasteiger partial charge < -0.3 is 14.6 Å². The van der Waals surface area contributed by atoms with Crippen molar-refractivity contribution >= 4 is 5.82 Å². The van der Waals surface area contributed by atoms with Gasteiger partial charge in [-0.2, -0.15) is 0 Å². The van der Waals surface area contributed by atoms with E-state index in [0.717, 1.165) is 43.3 Å². The van der Waals surface area contributed by atoms with Crippen LogP contribution in [0.5, 0.6) is 0 Å². The highest BCUT2D eigenvalue weighted by Crippen LogP contribution is 2.25. The maximum atomic E-state index is 5.82. The molecule has 1 N–H and O–H groups in total.